The highest BCUT2D eigenvalue weighted by Gasteiger charge is 2.07. The van der Waals surface area contributed by atoms with Crippen molar-refractivity contribution in [3.63, 3.8) is 0 Å². The van der Waals surface area contributed by atoms with Crippen molar-refractivity contribution < 1.29 is 14.9 Å². The highest BCUT2D eigenvalue weighted by molar-refractivity contribution is 7.98. The van der Waals surface area contributed by atoms with Crippen LogP contribution in [-0.2, 0) is 12.3 Å². The topological polar surface area (TPSA) is 61.7 Å². The lowest BCUT2D eigenvalue weighted by atomic mass is 10.1. The Labute approximate surface area is 125 Å². The zero-order valence-electron chi connectivity index (χ0n) is 12.3. The Hall–Kier alpha value is -0.750. The summed E-state index contributed by atoms with van der Waals surface area (Å²) in [5.74, 6) is 2.16. The lowest BCUT2D eigenvalue weighted by Gasteiger charge is -2.12. The molecule has 1 unspecified atom stereocenters. The zero-order valence-corrected chi connectivity index (χ0v) is 13.1. The van der Waals surface area contributed by atoms with Crippen LogP contribution in [0.15, 0.2) is 18.2 Å². The average Bonchev–Trinajstić information content (AvgIpc) is 2.47. The van der Waals surface area contributed by atoms with Gasteiger partial charge in [0.1, 0.15) is 5.75 Å². The quantitative estimate of drug-likeness (QED) is 0.575. The summed E-state index contributed by atoms with van der Waals surface area (Å²) in [6.45, 7) is 3.83. The molecule has 1 aromatic rings. The summed E-state index contributed by atoms with van der Waals surface area (Å²) in [7, 11) is 1.67. The van der Waals surface area contributed by atoms with Gasteiger partial charge in [0.2, 0.25) is 0 Å². The van der Waals surface area contributed by atoms with Crippen molar-refractivity contribution in [1.82, 2.24) is 5.32 Å². The highest BCUT2D eigenvalue weighted by Crippen LogP contribution is 2.25. The highest BCUT2D eigenvalue weighted by atomic mass is 32.2. The molecular weight excluding hydrogens is 274 g/mol. The van der Waals surface area contributed by atoms with Gasteiger partial charge in [0.25, 0.3) is 0 Å². The summed E-state index contributed by atoms with van der Waals surface area (Å²) < 4.78 is 5.36. The Balaban J connectivity index is 2.58. The molecule has 3 N–H and O–H groups in total. The number of rotatable bonds is 10. The van der Waals surface area contributed by atoms with Crippen molar-refractivity contribution in [2.45, 2.75) is 31.7 Å². The van der Waals surface area contributed by atoms with E-state index in [9.17, 15) is 5.11 Å². The molecule has 5 heteroatoms. The molecule has 0 aliphatic carbocycles. The van der Waals surface area contributed by atoms with Gasteiger partial charge in [0.05, 0.1) is 19.8 Å². The Morgan fingerprint density at radius 1 is 1.40 bits per heavy atom. The molecule has 1 atom stereocenters. The van der Waals surface area contributed by atoms with Crippen LogP contribution in [0.3, 0.4) is 0 Å². The average molecular weight is 299 g/mol. The van der Waals surface area contributed by atoms with Gasteiger partial charge in [-0.3, -0.25) is 0 Å². The van der Waals surface area contributed by atoms with Crippen LogP contribution in [-0.4, -0.2) is 42.3 Å². The molecule has 0 aliphatic heterocycles. The predicted octanol–water partition coefficient (Wildman–Crippen LogP) is 1.78. The lowest BCUT2D eigenvalue weighted by molar-refractivity contribution is 0.113. The molecule has 1 rings (SSSR count). The van der Waals surface area contributed by atoms with Crippen molar-refractivity contribution in [2.75, 3.05) is 26.0 Å². The third-order valence-corrected chi connectivity index (χ3v) is 4.01. The van der Waals surface area contributed by atoms with Crippen molar-refractivity contribution in [1.29, 1.82) is 0 Å². The fourth-order valence-corrected chi connectivity index (χ4v) is 2.76. The maximum atomic E-state index is 9.35. The monoisotopic (exact) mass is 299 g/mol. The first-order chi connectivity index (χ1) is 9.71. The third-order valence-electron chi connectivity index (χ3n) is 2.88. The van der Waals surface area contributed by atoms with E-state index in [1.54, 1.807) is 18.9 Å². The van der Waals surface area contributed by atoms with Crippen molar-refractivity contribution in [3.8, 4) is 5.75 Å². The standard InChI is InChI=1S/C15H25NO3S/c1-3-6-16-8-12-4-5-15(19-2)13(7-12)10-20-11-14(18)9-17/h4-5,7,14,16-18H,3,6,8-11H2,1-2H3. The summed E-state index contributed by atoms with van der Waals surface area (Å²) in [5, 5.41) is 21.5. The zero-order chi connectivity index (χ0) is 14.8. The normalized spacial score (nSPS) is 12.4. The van der Waals surface area contributed by atoms with E-state index in [1.807, 2.05) is 6.07 Å². The van der Waals surface area contributed by atoms with Crippen LogP contribution >= 0.6 is 11.8 Å². The molecule has 20 heavy (non-hydrogen) atoms. The Morgan fingerprint density at radius 2 is 2.20 bits per heavy atom. The van der Waals surface area contributed by atoms with Gasteiger partial charge in [-0.2, -0.15) is 11.8 Å². The second-order valence-electron chi connectivity index (χ2n) is 4.67. The number of hydrogen-bond donors (Lipinski definition) is 3. The van der Waals surface area contributed by atoms with Crippen molar-refractivity contribution in [3.05, 3.63) is 29.3 Å². The molecule has 0 saturated carbocycles. The largest absolute Gasteiger partial charge is 0.496 e. The van der Waals surface area contributed by atoms with Crippen LogP contribution in [0.1, 0.15) is 24.5 Å². The van der Waals surface area contributed by atoms with Crippen LogP contribution in [0.25, 0.3) is 0 Å². The number of benzene rings is 1. The van der Waals surface area contributed by atoms with E-state index in [2.05, 4.69) is 24.4 Å². The van der Waals surface area contributed by atoms with Crippen LogP contribution in [0.4, 0.5) is 0 Å². The maximum Gasteiger partial charge on any atom is 0.122 e. The number of aliphatic hydroxyl groups excluding tert-OH is 2. The first-order valence-corrected chi connectivity index (χ1v) is 8.09. The minimum atomic E-state index is -0.652. The molecule has 114 valence electrons. The lowest BCUT2D eigenvalue weighted by Crippen LogP contribution is -2.15. The molecular formula is C15H25NO3S. The molecule has 0 fully saturated rings. The van der Waals surface area contributed by atoms with Crippen LogP contribution in [0, 0.1) is 0 Å². The molecule has 0 spiro atoms. The summed E-state index contributed by atoms with van der Waals surface area (Å²) >= 11 is 1.60. The molecule has 0 aromatic heterocycles. The van der Waals surface area contributed by atoms with Gasteiger partial charge in [0, 0.05) is 23.6 Å². The van der Waals surface area contributed by atoms with Gasteiger partial charge >= 0.3 is 0 Å². The second kappa shape index (κ2) is 10.0. The second-order valence-corrected chi connectivity index (χ2v) is 5.70. The Kier molecular flexibility index (Phi) is 8.69. The van der Waals surface area contributed by atoms with Gasteiger partial charge in [-0.05, 0) is 30.7 Å². The Morgan fingerprint density at radius 3 is 2.85 bits per heavy atom. The third kappa shape index (κ3) is 6.13. The maximum absolute atomic E-state index is 9.35. The summed E-state index contributed by atoms with van der Waals surface area (Å²) in [6, 6.07) is 6.19. The number of nitrogens with one attached hydrogen (secondary N) is 1. The fraction of sp³-hybridized carbons (Fsp3) is 0.600. The predicted molar refractivity (Wildman–Crippen MR) is 84.2 cm³/mol. The van der Waals surface area contributed by atoms with E-state index in [0.29, 0.717) is 5.75 Å². The smallest absolute Gasteiger partial charge is 0.122 e. The summed E-state index contributed by atoms with van der Waals surface area (Å²) in [4.78, 5) is 0. The molecule has 0 heterocycles. The summed E-state index contributed by atoms with van der Waals surface area (Å²) in [5.41, 5.74) is 2.36. The van der Waals surface area contributed by atoms with Crippen LogP contribution < -0.4 is 10.1 Å². The van der Waals surface area contributed by atoms with Gasteiger partial charge in [-0.15, -0.1) is 0 Å². The molecule has 1 aromatic carbocycles. The summed E-state index contributed by atoms with van der Waals surface area (Å²) in [6.07, 6.45) is 0.471. The molecule has 4 nitrogen and oxygen atoms in total. The van der Waals surface area contributed by atoms with Gasteiger partial charge < -0.3 is 20.3 Å². The number of thioether (sulfide) groups is 1. The van der Waals surface area contributed by atoms with E-state index in [1.165, 1.54) is 5.56 Å². The fourth-order valence-electron chi connectivity index (χ4n) is 1.82. The van der Waals surface area contributed by atoms with E-state index in [4.69, 9.17) is 9.84 Å². The number of hydrogen-bond acceptors (Lipinski definition) is 5. The molecule has 0 saturated heterocycles. The van der Waals surface area contributed by atoms with Gasteiger partial charge in [-0.25, -0.2) is 0 Å². The van der Waals surface area contributed by atoms with Crippen LogP contribution in [0.5, 0.6) is 5.75 Å². The minimum absolute atomic E-state index is 0.189. The molecule has 0 bridgehead atoms. The van der Waals surface area contributed by atoms with E-state index >= 15 is 0 Å². The van der Waals surface area contributed by atoms with Gasteiger partial charge in [-0.1, -0.05) is 13.0 Å². The number of ether oxygens (including phenoxy) is 1. The van der Waals surface area contributed by atoms with E-state index in [0.717, 1.165) is 36.6 Å². The Bertz CT molecular complexity index is 387. The van der Waals surface area contributed by atoms with Crippen molar-refractivity contribution in [2.24, 2.45) is 0 Å². The SMILES string of the molecule is CCCNCc1ccc(OC)c(CSCC(O)CO)c1. The first kappa shape index (κ1) is 17.3. The first-order valence-electron chi connectivity index (χ1n) is 6.94. The molecule has 0 radical (unpaired) electrons. The number of aliphatic hydroxyl groups is 2. The van der Waals surface area contributed by atoms with E-state index < -0.39 is 6.10 Å². The molecule has 0 amide bonds. The minimum Gasteiger partial charge on any atom is -0.496 e. The van der Waals surface area contributed by atoms with E-state index in [-0.39, 0.29) is 6.61 Å². The number of methoxy groups -OCH3 is 1. The molecule has 0 aliphatic rings. The van der Waals surface area contributed by atoms with Crippen molar-refractivity contribution >= 4 is 11.8 Å². The van der Waals surface area contributed by atoms with Crippen LogP contribution in [0.2, 0.25) is 0 Å². The van der Waals surface area contributed by atoms with Gasteiger partial charge in [0.15, 0.2) is 0 Å².